The fourth-order valence-corrected chi connectivity index (χ4v) is 3.95. The molecule has 146 valence electrons. The van der Waals surface area contributed by atoms with Crippen LogP contribution < -0.4 is 10.7 Å². The largest absolute Gasteiger partial charge is 0.503 e. The molecule has 7 nitrogen and oxygen atoms in total. The second-order valence-corrected chi connectivity index (χ2v) is 8.95. The quantitative estimate of drug-likeness (QED) is 0.753. The molecule has 0 aliphatic carbocycles. The predicted molar refractivity (Wildman–Crippen MR) is 103 cm³/mol. The van der Waals surface area contributed by atoms with E-state index in [0.29, 0.717) is 10.7 Å². The van der Waals surface area contributed by atoms with Crippen molar-refractivity contribution in [3.05, 3.63) is 57.0 Å². The Kier molecular flexibility index (Phi) is 6.33. The van der Waals surface area contributed by atoms with Crippen LogP contribution in [0.5, 0.6) is 5.75 Å². The van der Waals surface area contributed by atoms with E-state index in [-0.39, 0.29) is 28.8 Å². The Morgan fingerprint density at radius 3 is 2.41 bits per heavy atom. The minimum atomic E-state index is -3.60. The highest BCUT2D eigenvalue weighted by molar-refractivity contribution is 7.91. The molecule has 0 atom stereocenters. The summed E-state index contributed by atoms with van der Waals surface area (Å²) in [7, 11) is -2.11. The first-order chi connectivity index (χ1) is 12.5. The van der Waals surface area contributed by atoms with Gasteiger partial charge in [-0.1, -0.05) is 11.6 Å². The second kappa shape index (κ2) is 8.14. The van der Waals surface area contributed by atoms with Crippen molar-refractivity contribution in [3.8, 4) is 5.75 Å². The lowest BCUT2D eigenvalue weighted by atomic mass is 10.2. The normalized spacial score (nSPS) is 11.6. The van der Waals surface area contributed by atoms with E-state index < -0.39 is 26.9 Å². The first-order valence-corrected chi connectivity index (χ1v) is 10.3. The van der Waals surface area contributed by atoms with E-state index in [0.717, 1.165) is 6.07 Å². The summed E-state index contributed by atoms with van der Waals surface area (Å²) in [5.74, 6) is -1.54. The van der Waals surface area contributed by atoms with Crippen LogP contribution in [0.3, 0.4) is 0 Å². The molecular weight excluding hydrogens is 392 g/mol. The van der Waals surface area contributed by atoms with E-state index in [2.05, 4.69) is 5.32 Å². The number of aromatic hydroxyl groups is 1. The number of nitrogens with zero attached hydrogens (tertiary/aromatic N) is 1. The number of pyridine rings is 1. The van der Waals surface area contributed by atoms with Gasteiger partial charge in [0, 0.05) is 36.3 Å². The molecule has 1 heterocycles. The van der Waals surface area contributed by atoms with Crippen LogP contribution in [0, 0.1) is 0 Å². The summed E-state index contributed by atoms with van der Waals surface area (Å²) >= 11 is 5.78. The van der Waals surface area contributed by atoms with E-state index in [1.807, 2.05) is 0 Å². The van der Waals surface area contributed by atoms with Crippen LogP contribution in [0.25, 0.3) is 0 Å². The standard InChI is InChI=1S/C18H21ClN2O5S/c1-11(2)20-18(24)16-17(23)15(22)10-13(21(16)3)8-9-27(25,26)14-6-4-12(19)5-7-14/h4-7,10-11,23H,8-9H2,1-3H3,(H,20,24). The number of aromatic nitrogens is 1. The number of carbonyl (C=O) groups excluding carboxylic acids is 1. The zero-order valence-electron chi connectivity index (χ0n) is 15.2. The molecule has 0 unspecified atom stereocenters. The maximum atomic E-state index is 12.5. The van der Waals surface area contributed by atoms with Crippen molar-refractivity contribution in [1.82, 2.24) is 9.88 Å². The van der Waals surface area contributed by atoms with Crippen LogP contribution in [0.1, 0.15) is 30.0 Å². The molecule has 1 aromatic heterocycles. The molecule has 0 radical (unpaired) electrons. The number of amides is 1. The van der Waals surface area contributed by atoms with E-state index in [1.165, 1.54) is 35.9 Å². The number of benzene rings is 1. The number of hydrogen-bond donors (Lipinski definition) is 2. The molecule has 0 bridgehead atoms. The minimum absolute atomic E-state index is 0.00105. The van der Waals surface area contributed by atoms with Crippen LogP contribution in [0.4, 0.5) is 0 Å². The molecule has 1 aromatic carbocycles. The van der Waals surface area contributed by atoms with Crippen LogP contribution >= 0.6 is 11.6 Å². The Bertz CT molecular complexity index is 1010. The number of carbonyl (C=O) groups is 1. The van der Waals surface area contributed by atoms with Gasteiger partial charge in [-0.3, -0.25) is 9.59 Å². The summed E-state index contributed by atoms with van der Waals surface area (Å²) in [5, 5.41) is 13.0. The van der Waals surface area contributed by atoms with Gasteiger partial charge in [-0.15, -0.1) is 0 Å². The van der Waals surface area contributed by atoms with Crippen molar-refractivity contribution in [2.45, 2.75) is 31.2 Å². The Morgan fingerprint density at radius 1 is 1.26 bits per heavy atom. The molecule has 0 aliphatic rings. The third-order valence-electron chi connectivity index (χ3n) is 3.96. The number of halogens is 1. The minimum Gasteiger partial charge on any atom is -0.503 e. The number of rotatable bonds is 6. The summed E-state index contributed by atoms with van der Waals surface area (Å²) < 4.78 is 26.3. The summed E-state index contributed by atoms with van der Waals surface area (Å²) in [6.07, 6.45) is -0.00105. The maximum absolute atomic E-state index is 12.5. The third kappa shape index (κ3) is 4.90. The highest BCUT2D eigenvalue weighted by Gasteiger charge is 2.22. The monoisotopic (exact) mass is 412 g/mol. The van der Waals surface area contributed by atoms with Gasteiger partial charge in [0.05, 0.1) is 10.6 Å². The molecule has 0 aliphatic heterocycles. The number of sulfone groups is 1. The van der Waals surface area contributed by atoms with Crippen LogP contribution in [0.2, 0.25) is 5.02 Å². The lowest BCUT2D eigenvalue weighted by Gasteiger charge is -2.17. The third-order valence-corrected chi connectivity index (χ3v) is 5.94. The van der Waals surface area contributed by atoms with Gasteiger partial charge in [0.15, 0.2) is 21.3 Å². The number of nitrogens with one attached hydrogen (secondary N) is 1. The molecule has 9 heteroatoms. The van der Waals surface area contributed by atoms with E-state index in [9.17, 15) is 23.1 Å². The van der Waals surface area contributed by atoms with Crippen molar-refractivity contribution in [1.29, 1.82) is 0 Å². The molecule has 0 spiro atoms. The summed E-state index contributed by atoms with van der Waals surface area (Å²) in [4.78, 5) is 24.4. The summed E-state index contributed by atoms with van der Waals surface area (Å²) in [6.45, 7) is 3.49. The SMILES string of the molecule is CC(C)NC(=O)c1c(O)c(=O)cc(CCS(=O)(=O)c2ccc(Cl)cc2)n1C. The highest BCUT2D eigenvalue weighted by atomic mass is 35.5. The molecule has 0 saturated carbocycles. The average molecular weight is 413 g/mol. The number of aryl methyl sites for hydroxylation is 1. The van der Waals surface area contributed by atoms with Gasteiger partial charge >= 0.3 is 0 Å². The van der Waals surface area contributed by atoms with Gasteiger partial charge in [-0.2, -0.15) is 0 Å². The summed E-state index contributed by atoms with van der Waals surface area (Å²) in [6, 6.07) is 6.74. The van der Waals surface area contributed by atoms with Crippen molar-refractivity contribution in [2.24, 2.45) is 7.05 Å². The Balaban J connectivity index is 2.34. The lowest BCUT2D eigenvalue weighted by molar-refractivity contribution is 0.0930. The van der Waals surface area contributed by atoms with Crippen molar-refractivity contribution < 1.29 is 18.3 Å². The molecule has 2 N–H and O–H groups in total. The fourth-order valence-electron chi connectivity index (χ4n) is 2.56. The lowest BCUT2D eigenvalue weighted by Crippen LogP contribution is -2.34. The van der Waals surface area contributed by atoms with Crippen LogP contribution in [0.15, 0.2) is 40.0 Å². The molecule has 1 amide bonds. The molecule has 2 aromatic rings. The summed E-state index contributed by atoms with van der Waals surface area (Å²) in [5.41, 5.74) is -0.611. The van der Waals surface area contributed by atoms with Gasteiger partial charge in [0.25, 0.3) is 5.91 Å². The smallest absolute Gasteiger partial charge is 0.272 e. The van der Waals surface area contributed by atoms with E-state index in [1.54, 1.807) is 13.8 Å². The first-order valence-electron chi connectivity index (χ1n) is 8.24. The second-order valence-electron chi connectivity index (χ2n) is 6.41. The maximum Gasteiger partial charge on any atom is 0.272 e. The Hall–Kier alpha value is -2.32. The zero-order chi connectivity index (χ0) is 20.4. The molecule has 0 saturated heterocycles. The Labute approximate surface area is 162 Å². The van der Waals surface area contributed by atoms with Crippen molar-refractivity contribution in [2.75, 3.05) is 5.75 Å². The van der Waals surface area contributed by atoms with Crippen molar-refractivity contribution >= 4 is 27.3 Å². The topological polar surface area (TPSA) is 105 Å². The highest BCUT2D eigenvalue weighted by Crippen LogP contribution is 2.18. The van der Waals surface area contributed by atoms with Gasteiger partial charge < -0.3 is 15.0 Å². The molecule has 27 heavy (non-hydrogen) atoms. The number of hydrogen-bond acceptors (Lipinski definition) is 5. The van der Waals surface area contributed by atoms with E-state index in [4.69, 9.17) is 11.6 Å². The van der Waals surface area contributed by atoms with Crippen molar-refractivity contribution in [3.63, 3.8) is 0 Å². The van der Waals surface area contributed by atoms with Gasteiger partial charge in [0.2, 0.25) is 5.43 Å². The first kappa shape index (κ1) is 21.0. The molecular formula is C18H21ClN2O5S. The fraction of sp³-hybridized carbons (Fsp3) is 0.333. The zero-order valence-corrected chi connectivity index (χ0v) is 16.8. The van der Waals surface area contributed by atoms with Crippen LogP contribution in [-0.2, 0) is 23.3 Å². The molecule has 2 rings (SSSR count). The molecule has 0 fully saturated rings. The Morgan fingerprint density at radius 2 is 1.85 bits per heavy atom. The average Bonchev–Trinajstić information content (AvgIpc) is 2.57. The predicted octanol–water partition coefficient (Wildman–Crippen LogP) is 1.90. The van der Waals surface area contributed by atoms with Crippen LogP contribution in [-0.4, -0.2) is 35.8 Å². The van der Waals surface area contributed by atoms with E-state index >= 15 is 0 Å². The van der Waals surface area contributed by atoms with Gasteiger partial charge in [-0.05, 0) is 38.1 Å². The van der Waals surface area contributed by atoms with Gasteiger partial charge in [-0.25, -0.2) is 8.42 Å². The van der Waals surface area contributed by atoms with Gasteiger partial charge in [0.1, 0.15) is 0 Å².